The third kappa shape index (κ3) is 4.09. The Morgan fingerprint density at radius 3 is 2.41 bits per heavy atom. The van der Waals surface area contributed by atoms with Gasteiger partial charge in [-0.05, 0) is 36.8 Å². The Labute approximate surface area is 134 Å². The van der Waals surface area contributed by atoms with E-state index >= 15 is 0 Å². The maximum atomic E-state index is 12.1. The molecule has 0 aromatic heterocycles. The van der Waals surface area contributed by atoms with E-state index in [4.69, 9.17) is 11.6 Å². The van der Waals surface area contributed by atoms with Gasteiger partial charge in [0.05, 0.1) is 0 Å². The summed E-state index contributed by atoms with van der Waals surface area (Å²) in [5, 5.41) is 3.34. The maximum absolute atomic E-state index is 12.1. The second-order valence-corrected chi connectivity index (χ2v) is 5.36. The van der Waals surface area contributed by atoms with Crippen LogP contribution in [0.3, 0.4) is 0 Å². The van der Waals surface area contributed by atoms with Crippen LogP contribution in [-0.4, -0.2) is 18.4 Å². The van der Waals surface area contributed by atoms with Gasteiger partial charge in [0, 0.05) is 23.3 Å². The number of nitrogens with one attached hydrogen (secondary N) is 1. The Morgan fingerprint density at radius 1 is 1.14 bits per heavy atom. The standard InChI is InChI=1S/C17H17ClN2O2/c1-12-8-9-14(10-16(12)18)19-17(22)11-20(13(2)21)15-6-4-3-5-7-15/h3-10H,11H2,1-2H3,(H,19,22). The fraction of sp³-hybridized carbons (Fsp3) is 0.176. The van der Waals surface area contributed by atoms with Gasteiger partial charge in [0.15, 0.2) is 0 Å². The quantitative estimate of drug-likeness (QED) is 0.936. The highest BCUT2D eigenvalue weighted by Crippen LogP contribution is 2.20. The largest absolute Gasteiger partial charge is 0.324 e. The van der Waals surface area contributed by atoms with Crippen molar-refractivity contribution in [2.45, 2.75) is 13.8 Å². The molecule has 0 radical (unpaired) electrons. The van der Waals surface area contributed by atoms with E-state index in [0.29, 0.717) is 16.4 Å². The van der Waals surface area contributed by atoms with Gasteiger partial charge in [0.2, 0.25) is 11.8 Å². The zero-order valence-electron chi connectivity index (χ0n) is 12.5. The molecule has 2 rings (SSSR count). The predicted octanol–water partition coefficient (Wildman–Crippen LogP) is 3.64. The highest BCUT2D eigenvalue weighted by atomic mass is 35.5. The summed E-state index contributed by atoms with van der Waals surface area (Å²) in [6.07, 6.45) is 0. The lowest BCUT2D eigenvalue weighted by Crippen LogP contribution is -2.36. The van der Waals surface area contributed by atoms with Gasteiger partial charge in [-0.1, -0.05) is 35.9 Å². The Kier molecular flexibility index (Phi) is 5.17. The second kappa shape index (κ2) is 7.09. The first-order valence-electron chi connectivity index (χ1n) is 6.86. The maximum Gasteiger partial charge on any atom is 0.244 e. The molecule has 0 saturated carbocycles. The first kappa shape index (κ1) is 16.0. The Morgan fingerprint density at radius 2 is 1.82 bits per heavy atom. The number of para-hydroxylation sites is 1. The smallest absolute Gasteiger partial charge is 0.244 e. The minimum absolute atomic E-state index is 0.0508. The molecule has 0 fully saturated rings. The number of amides is 2. The van der Waals surface area contributed by atoms with E-state index in [1.54, 1.807) is 24.3 Å². The van der Waals surface area contributed by atoms with Crippen LogP contribution in [0.5, 0.6) is 0 Å². The molecule has 5 heteroatoms. The Bertz CT molecular complexity index is 686. The van der Waals surface area contributed by atoms with E-state index in [1.807, 2.05) is 31.2 Å². The summed E-state index contributed by atoms with van der Waals surface area (Å²) < 4.78 is 0. The van der Waals surface area contributed by atoms with E-state index in [0.717, 1.165) is 5.56 Å². The zero-order chi connectivity index (χ0) is 16.1. The summed E-state index contributed by atoms with van der Waals surface area (Å²) in [7, 11) is 0. The Hall–Kier alpha value is -2.33. The van der Waals surface area contributed by atoms with Crippen molar-refractivity contribution in [1.82, 2.24) is 0 Å². The van der Waals surface area contributed by atoms with Crippen molar-refractivity contribution in [2.24, 2.45) is 0 Å². The van der Waals surface area contributed by atoms with Crippen LogP contribution in [-0.2, 0) is 9.59 Å². The molecule has 0 aliphatic rings. The van der Waals surface area contributed by atoms with Gasteiger partial charge in [0.1, 0.15) is 6.54 Å². The van der Waals surface area contributed by atoms with Gasteiger partial charge in [-0.25, -0.2) is 0 Å². The van der Waals surface area contributed by atoms with Crippen LogP contribution < -0.4 is 10.2 Å². The van der Waals surface area contributed by atoms with Crippen molar-refractivity contribution >= 4 is 34.8 Å². The van der Waals surface area contributed by atoms with E-state index < -0.39 is 0 Å². The highest BCUT2D eigenvalue weighted by molar-refractivity contribution is 6.31. The summed E-state index contributed by atoms with van der Waals surface area (Å²) in [6, 6.07) is 14.4. The van der Waals surface area contributed by atoms with Gasteiger partial charge < -0.3 is 10.2 Å². The number of benzene rings is 2. The van der Waals surface area contributed by atoms with Crippen molar-refractivity contribution in [2.75, 3.05) is 16.8 Å². The minimum atomic E-state index is -0.279. The van der Waals surface area contributed by atoms with Gasteiger partial charge in [-0.3, -0.25) is 9.59 Å². The molecule has 22 heavy (non-hydrogen) atoms. The lowest BCUT2D eigenvalue weighted by Gasteiger charge is -2.20. The Balaban J connectivity index is 2.08. The van der Waals surface area contributed by atoms with Gasteiger partial charge in [-0.2, -0.15) is 0 Å². The first-order chi connectivity index (χ1) is 10.5. The number of nitrogens with zero attached hydrogens (tertiary/aromatic N) is 1. The molecule has 0 heterocycles. The van der Waals surface area contributed by atoms with Crippen LogP contribution in [0.2, 0.25) is 5.02 Å². The molecule has 0 aliphatic heterocycles. The average molecular weight is 317 g/mol. The normalized spacial score (nSPS) is 10.1. The van der Waals surface area contributed by atoms with Crippen molar-refractivity contribution < 1.29 is 9.59 Å². The number of aryl methyl sites for hydroxylation is 1. The van der Waals surface area contributed by atoms with Crippen molar-refractivity contribution in [3.05, 3.63) is 59.1 Å². The third-order valence-corrected chi connectivity index (χ3v) is 3.61. The second-order valence-electron chi connectivity index (χ2n) is 4.95. The molecule has 2 amide bonds. The van der Waals surface area contributed by atoms with Crippen LogP contribution in [0.4, 0.5) is 11.4 Å². The number of carbonyl (C=O) groups is 2. The number of carbonyl (C=O) groups excluding carboxylic acids is 2. The summed E-state index contributed by atoms with van der Waals surface area (Å²) in [6.45, 7) is 3.27. The topological polar surface area (TPSA) is 49.4 Å². The lowest BCUT2D eigenvalue weighted by atomic mass is 10.2. The van der Waals surface area contributed by atoms with Crippen molar-refractivity contribution in [1.29, 1.82) is 0 Å². The molecular formula is C17H17ClN2O2. The van der Waals surface area contributed by atoms with Crippen LogP contribution in [0.1, 0.15) is 12.5 Å². The number of hydrogen-bond donors (Lipinski definition) is 1. The molecule has 0 unspecified atom stereocenters. The number of anilines is 2. The third-order valence-electron chi connectivity index (χ3n) is 3.21. The van der Waals surface area contributed by atoms with Gasteiger partial charge in [-0.15, -0.1) is 0 Å². The van der Waals surface area contributed by atoms with Crippen LogP contribution >= 0.6 is 11.6 Å². The molecule has 0 aliphatic carbocycles. The van der Waals surface area contributed by atoms with Crippen LogP contribution in [0.25, 0.3) is 0 Å². The van der Waals surface area contributed by atoms with E-state index in [1.165, 1.54) is 11.8 Å². The van der Waals surface area contributed by atoms with Crippen molar-refractivity contribution in [3.8, 4) is 0 Å². The number of hydrogen-bond acceptors (Lipinski definition) is 2. The van der Waals surface area contributed by atoms with Crippen molar-refractivity contribution in [3.63, 3.8) is 0 Å². The van der Waals surface area contributed by atoms with E-state index in [9.17, 15) is 9.59 Å². The first-order valence-corrected chi connectivity index (χ1v) is 7.24. The van der Waals surface area contributed by atoms with Crippen LogP contribution in [0.15, 0.2) is 48.5 Å². The fourth-order valence-electron chi connectivity index (χ4n) is 2.01. The predicted molar refractivity (Wildman–Crippen MR) is 89.3 cm³/mol. The summed E-state index contributed by atoms with van der Waals surface area (Å²) in [5.41, 5.74) is 2.23. The van der Waals surface area contributed by atoms with Crippen LogP contribution in [0, 0.1) is 6.92 Å². The molecule has 4 nitrogen and oxygen atoms in total. The molecule has 0 spiro atoms. The van der Waals surface area contributed by atoms with Gasteiger partial charge >= 0.3 is 0 Å². The molecular weight excluding hydrogens is 300 g/mol. The average Bonchev–Trinajstić information content (AvgIpc) is 2.49. The molecule has 0 saturated heterocycles. The number of rotatable bonds is 4. The number of halogens is 1. The highest BCUT2D eigenvalue weighted by Gasteiger charge is 2.15. The lowest BCUT2D eigenvalue weighted by molar-refractivity contribution is -0.120. The molecule has 114 valence electrons. The summed E-state index contributed by atoms with van der Waals surface area (Å²) >= 11 is 6.03. The van der Waals surface area contributed by atoms with E-state index in [2.05, 4.69) is 5.32 Å². The monoisotopic (exact) mass is 316 g/mol. The minimum Gasteiger partial charge on any atom is -0.324 e. The fourth-order valence-corrected chi connectivity index (χ4v) is 2.19. The molecule has 2 aromatic rings. The molecule has 0 atom stereocenters. The molecule has 2 aromatic carbocycles. The van der Waals surface area contributed by atoms with Gasteiger partial charge in [0.25, 0.3) is 0 Å². The van der Waals surface area contributed by atoms with E-state index in [-0.39, 0.29) is 18.4 Å². The molecule has 0 bridgehead atoms. The molecule has 1 N–H and O–H groups in total. The SMILES string of the molecule is CC(=O)N(CC(=O)Nc1ccc(C)c(Cl)c1)c1ccccc1. The summed E-state index contributed by atoms with van der Waals surface area (Å²) in [4.78, 5) is 25.3. The zero-order valence-corrected chi connectivity index (χ0v) is 13.2. The summed E-state index contributed by atoms with van der Waals surface area (Å²) in [5.74, 6) is -0.470.